The van der Waals surface area contributed by atoms with Crippen LogP contribution < -0.4 is 4.90 Å². The van der Waals surface area contributed by atoms with Crippen molar-refractivity contribution in [2.24, 2.45) is 0 Å². The van der Waals surface area contributed by atoms with Gasteiger partial charge in [0.15, 0.2) is 0 Å². The van der Waals surface area contributed by atoms with Crippen LogP contribution in [0, 0.1) is 0 Å². The van der Waals surface area contributed by atoms with Gasteiger partial charge in [0.2, 0.25) is 5.91 Å². The summed E-state index contributed by atoms with van der Waals surface area (Å²) in [5.74, 6) is 2.64. The highest BCUT2D eigenvalue weighted by atomic mass is 16.2. The van der Waals surface area contributed by atoms with Gasteiger partial charge in [-0.2, -0.15) is 4.98 Å². The fraction of sp³-hybridized carbons (Fsp3) is 0.478. The van der Waals surface area contributed by atoms with E-state index in [0.29, 0.717) is 18.9 Å². The molecule has 1 atom stereocenters. The SMILES string of the molecule is CCCc1cc(N2CCN(C(=O)[C@@H](C)c3ccccc3)CC2)nc2nnc(CC)n12. The predicted octanol–water partition coefficient (Wildman–Crippen LogP) is 3.09. The monoisotopic (exact) mass is 406 g/mol. The van der Waals surface area contributed by atoms with E-state index in [1.54, 1.807) is 0 Å². The van der Waals surface area contributed by atoms with E-state index in [-0.39, 0.29) is 11.8 Å². The van der Waals surface area contributed by atoms with Gasteiger partial charge in [-0.15, -0.1) is 10.2 Å². The second-order valence-corrected chi connectivity index (χ2v) is 7.91. The van der Waals surface area contributed by atoms with Gasteiger partial charge in [-0.1, -0.05) is 50.6 Å². The van der Waals surface area contributed by atoms with Gasteiger partial charge in [0.1, 0.15) is 11.6 Å². The first kappa shape index (κ1) is 20.3. The molecule has 1 aliphatic rings. The maximum atomic E-state index is 13.0. The Balaban J connectivity index is 1.49. The molecule has 3 aromatic rings. The van der Waals surface area contributed by atoms with Crippen LogP contribution in [0.5, 0.6) is 0 Å². The van der Waals surface area contributed by atoms with Crippen molar-refractivity contribution in [1.82, 2.24) is 24.5 Å². The summed E-state index contributed by atoms with van der Waals surface area (Å²) >= 11 is 0. The number of aromatic nitrogens is 4. The molecule has 30 heavy (non-hydrogen) atoms. The van der Waals surface area contributed by atoms with E-state index in [4.69, 9.17) is 4.98 Å². The van der Waals surface area contributed by atoms with Crippen LogP contribution in [0.2, 0.25) is 0 Å². The first-order chi connectivity index (χ1) is 14.6. The van der Waals surface area contributed by atoms with Crippen LogP contribution in [-0.4, -0.2) is 56.6 Å². The normalized spacial score (nSPS) is 15.6. The van der Waals surface area contributed by atoms with Gasteiger partial charge in [-0.3, -0.25) is 9.20 Å². The Hall–Kier alpha value is -2.96. The number of nitrogens with zero attached hydrogens (tertiary/aromatic N) is 6. The van der Waals surface area contributed by atoms with Gasteiger partial charge >= 0.3 is 0 Å². The molecule has 1 saturated heterocycles. The standard InChI is InChI=1S/C23H30N6O/c1-4-9-19-16-21(24-23-26-25-20(5-2)29(19)23)27-12-14-28(15-13-27)22(30)17(3)18-10-7-6-8-11-18/h6-8,10-11,16-17H,4-5,9,12-15H2,1-3H3/t17-/m0/s1. The van der Waals surface area contributed by atoms with E-state index in [1.165, 1.54) is 5.69 Å². The molecule has 1 aliphatic heterocycles. The molecule has 1 aromatic carbocycles. The number of hydrogen-bond acceptors (Lipinski definition) is 5. The number of amides is 1. The first-order valence-electron chi connectivity index (χ1n) is 10.9. The molecule has 7 heteroatoms. The van der Waals surface area contributed by atoms with Gasteiger partial charge in [-0.05, 0) is 18.9 Å². The molecule has 158 valence electrons. The summed E-state index contributed by atoms with van der Waals surface area (Å²) in [6.07, 6.45) is 2.85. The maximum Gasteiger partial charge on any atom is 0.257 e. The molecule has 0 radical (unpaired) electrons. The molecule has 4 rings (SSSR count). The third-order valence-electron chi connectivity index (χ3n) is 5.92. The lowest BCUT2D eigenvalue weighted by Crippen LogP contribution is -2.50. The van der Waals surface area contributed by atoms with Crippen molar-refractivity contribution in [3.05, 3.63) is 53.5 Å². The molecule has 1 fully saturated rings. The highest BCUT2D eigenvalue weighted by molar-refractivity contribution is 5.83. The largest absolute Gasteiger partial charge is 0.353 e. The summed E-state index contributed by atoms with van der Waals surface area (Å²) in [6.45, 7) is 9.23. The summed E-state index contributed by atoms with van der Waals surface area (Å²) in [5, 5.41) is 8.60. The summed E-state index contributed by atoms with van der Waals surface area (Å²) in [7, 11) is 0. The van der Waals surface area contributed by atoms with Crippen molar-refractivity contribution < 1.29 is 4.79 Å². The molecular weight excluding hydrogens is 376 g/mol. The third kappa shape index (κ3) is 3.88. The maximum absolute atomic E-state index is 13.0. The summed E-state index contributed by atoms with van der Waals surface area (Å²) in [6, 6.07) is 12.2. The van der Waals surface area contributed by atoms with Crippen LogP contribution in [0.25, 0.3) is 5.78 Å². The number of carbonyl (C=O) groups excluding carboxylic acids is 1. The van der Waals surface area contributed by atoms with Crippen molar-refractivity contribution in [2.75, 3.05) is 31.1 Å². The molecule has 7 nitrogen and oxygen atoms in total. The highest BCUT2D eigenvalue weighted by Crippen LogP contribution is 2.22. The van der Waals surface area contributed by atoms with Crippen LogP contribution in [-0.2, 0) is 17.6 Å². The first-order valence-corrected chi connectivity index (χ1v) is 10.9. The molecule has 0 spiro atoms. The number of piperazine rings is 1. The van der Waals surface area contributed by atoms with Crippen molar-refractivity contribution >= 4 is 17.5 Å². The number of carbonyl (C=O) groups is 1. The number of rotatable bonds is 6. The molecule has 0 unspecified atom stereocenters. The van der Waals surface area contributed by atoms with Crippen LogP contribution in [0.4, 0.5) is 5.82 Å². The van der Waals surface area contributed by atoms with Crippen molar-refractivity contribution in [3.8, 4) is 0 Å². The molecule has 0 bridgehead atoms. The number of anilines is 1. The molecule has 0 saturated carbocycles. The number of benzene rings is 1. The zero-order valence-corrected chi connectivity index (χ0v) is 18.1. The minimum atomic E-state index is -0.119. The zero-order chi connectivity index (χ0) is 21.1. The Morgan fingerprint density at radius 1 is 1.07 bits per heavy atom. The predicted molar refractivity (Wildman–Crippen MR) is 118 cm³/mol. The lowest BCUT2D eigenvalue weighted by molar-refractivity contribution is -0.132. The van der Waals surface area contributed by atoms with Crippen molar-refractivity contribution in [3.63, 3.8) is 0 Å². The van der Waals surface area contributed by atoms with Crippen LogP contribution in [0.15, 0.2) is 36.4 Å². The Morgan fingerprint density at radius 3 is 2.47 bits per heavy atom. The van der Waals surface area contributed by atoms with Crippen LogP contribution in [0.3, 0.4) is 0 Å². The van der Waals surface area contributed by atoms with E-state index >= 15 is 0 Å². The van der Waals surface area contributed by atoms with E-state index < -0.39 is 0 Å². The third-order valence-corrected chi connectivity index (χ3v) is 5.92. The fourth-order valence-corrected chi connectivity index (χ4v) is 4.17. The van der Waals surface area contributed by atoms with Crippen LogP contribution in [0.1, 0.15) is 50.2 Å². The van der Waals surface area contributed by atoms with Gasteiger partial charge in [0.05, 0.1) is 5.92 Å². The Labute approximate surface area is 177 Å². The average molecular weight is 407 g/mol. The topological polar surface area (TPSA) is 66.6 Å². The van der Waals surface area contributed by atoms with E-state index in [1.807, 2.05) is 42.2 Å². The Morgan fingerprint density at radius 2 is 1.80 bits per heavy atom. The fourth-order valence-electron chi connectivity index (χ4n) is 4.17. The van der Waals surface area contributed by atoms with E-state index in [2.05, 4.69) is 39.4 Å². The van der Waals surface area contributed by atoms with Gasteiger partial charge in [0.25, 0.3) is 5.78 Å². The quantitative estimate of drug-likeness (QED) is 0.629. The lowest BCUT2D eigenvalue weighted by Gasteiger charge is -2.36. The smallest absolute Gasteiger partial charge is 0.257 e. The van der Waals surface area contributed by atoms with E-state index in [0.717, 1.165) is 49.6 Å². The van der Waals surface area contributed by atoms with Crippen LogP contribution >= 0.6 is 0 Å². The lowest BCUT2D eigenvalue weighted by atomic mass is 9.99. The Bertz CT molecular complexity index is 1010. The average Bonchev–Trinajstić information content (AvgIpc) is 3.22. The second kappa shape index (κ2) is 8.81. The molecule has 0 N–H and O–H groups in total. The van der Waals surface area contributed by atoms with Crippen molar-refractivity contribution in [2.45, 2.75) is 46.0 Å². The molecular formula is C23H30N6O. The molecule has 2 aromatic heterocycles. The molecule has 1 amide bonds. The number of fused-ring (bicyclic) bond motifs is 1. The summed E-state index contributed by atoms with van der Waals surface area (Å²) in [5.41, 5.74) is 2.27. The Kier molecular flexibility index (Phi) is 5.97. The van der Waals surface area contributed by atoms with Gasteiger partial charge in [-0.25, -0.2) is 0 Å². The number of aryl methyl sites for hydroxylation is 2. The highest BCUT2D eigenvalue weighted by Gasteiger charge is 2.27. The van der Waals surface area contributed by atoms with E-state index in [9.17, 15) is 4.79 Å². The summed E-state index contributed by atoms with van der Waals surface area (Å²) < 4.78 is 2.09. The molecule has 0 aliphatic carbocycles. The zero-order valence-electron chi connectivity index (χ0n) is 18.1. The minimum Gasteiger partial charge on any atom is -0.353 e. The molecule has 3 heterocycles. The van der Waals surface area contributed by atoms with Gasteiger partial charge < -0.3 is 9.80 Å². The minimum absolute atomic E-state index is 0.119. The van der Waals surface area contributed by atoms with Crippen molar-refractivity contribution in [1.29, 1.82) is 0 Å². The summed E-state index contributed by atoms with van der Waals surface area (Å²) in [4.78, 5) is 22.0. The van der Waals surface area contributed by atoms with Gasteiger partial charge in [0, 0.05) is 44.4 Å². The second-order valence-electron chi connectivity index (χ2n) is 7.91. The number of hydrogen-bond donors (Lipinski definition) is 0.